The maximum atomic E-state index is 11.8. The molecule has 0 radical (unpaired) electrons. The van der Waals surface area contributed by atoms with Crippen molar-refractivity contribution in [3.63, 3.8) is 0 Å². The van der Waals surface area contributed by atoms with Crippen molar-refractivity contribution in [3.8, 4) is 0 Å². The maximum Gasteiger partial charge on any atom is 0.338 e. The van der Waals surface area contributed by atoms with Crippen LogP contribution in [0.25, 0.3) is 0 Å². The molecular formula is C17H21N3O3. The van der Waals surface area contributed by atoms with Gasteiger partial charge in [-0.2, -0.15) is 0 Å². The molecule has 0 aliphatic heterocycles. The Balaban J connectivity index is 1.68. The van der Waals surface area contributed by atoms with Crippen molar-refractivity contribution < 1.29 is 13.9 Å². The topological polar surface area (TPSA) is 77.2 Å². The Labute approximate surface area is 135 Å². The van der Waals surface area contributed by atoms with Crippen LogP contribution in [-0.4, -0.2) is 22.8 Å². The Morgan fingerprint density at radius 1 is 1.30 bits per heavy atom. The van der Waals surface area contributed by atoms with Gasteiger partial charge in [-0.3, -0.25) is 0 Å². The molecule has 2 aromatic rings. The van der Waals surface area contributed by atoms with Crippen molar-refractivity contribution in [1.29, 1.82) is 0 Å². The van der Waals surface area contributed by atoms with E-state index in [9.17, 15) is 4.79 Å². The van der Waals surface area contributed by atoms with Crippen LogP contribution in [0.3, 0.4) is 0 Å². The Morgan fingerprint density at radius 3 is 2.91 bits per heavy atom. The summed E-state index contributed by atoms with van der Waals surface area (Å²) in [6.45, 7) is 2.14. The van der Waals surface area contributed by atoms with E-state index >= 15 is 0 Å². The van der Waals surface area contributed by atoms with Crippen LogP contribution in [0, 0.1) is 0 Å². The third kappa shape index (κ3) is 3.88. The smallest absolute Gasteiger partial charge is 0.338 e. The minimum atomic E-state index is -0.343. The van der Waals surface area contributed by atoms with Crippen molar-refractivity contribution in [2.24, 2.45) is 0 Å². The van der Waals surface area contributed by atoms with E-state index in [1.54, 1.807) is 25.1 Å². The van der Waals surface area contributed by atoms with Crippen LogP contribution in [0.5, 0.6) is 0 Å². The van der Waals surface area contributed by atoms with Gasteiger partial charge in [0.05, 0.1) is 12.2 Å². The van der Waals surface area contributed by atoms with Gasteiger partial charge in [-0.15, -0.1) is 5.10 Å². The summed E-state index contributed by atoms with van der Waals surface area (Å²) in [4.78, 5) is 11.8. The molecule has 1 aromatic heterocycles. The number of carbonyl (C=O) groups excluding carboxylic acids is 1. The number of esters is 1. The van der Waals surface area contributed by atoms with Gasteiger partial charge in [0.25, 0.3) is 0 Å². The Kier molecular flexibility index (Phi) is 4.90. The van der Waals surface area contributed by atoms with Crippen LogP contribution in [0.4, 0.5) is 11.7 Å². The van der Waals surface area contributed by atoms with Gasteiger partial charge in [-0.25, -0.2) is 4.79 Å². The molecule has 3 rings (SSSR count). The van der Waals surface area contributed by atoms with Gasteiger partial charge >= 0.3 is 12.0 Å². The second kappa shape index (κ2) is 7.26. The molecule has 1 N–H and O–H groups in total. The van der Waals surface area contributed by atoms with Gasteiger partial charge in [0.15, 0.2) is 0 Å². The zero-order chi connectivity index (χ0) is 16.1. The average molecular weight is 315 g/mol. The van der Waals surface area contributed by atoms with Crippen molar-refractivity contribution >= 4 is 17.7 Å². The number of nitrogens with one attached hydrogen (secondary N) is 1. The second-order valence-corrected chi connectivity index (χ2v) is 5.71. The monoisotopic (exact) mass is 315 g/mol. The van der Waals surface area contributed by atoms with Gasteiger partial charge in [-0.1, -0.05) is 30.4 Å². The first-order chi connectivity index (χ1) is 11.3. The summed E-state index contributed by atoms with van der Waals surface area (Å²) in [5.74, 6) is 0.732. The number of benzene rings is 1. The number of rotatable bonds is 5. The van der Waals surface area contributed by atoms with Crippen LogP contribution in [0.2, 0.25) is 0 Å². The van der Waals surface area contributed by atoms with Crippen molar-refractivity contribution in [3.05, 3.63) is 35.7 Å². The number of aromatic nitrogens is 2. The van der Waals surface area contributed by atoms with E-state index in [1.807, 2.05) is 6.07 Å². The molecule has 1 heterocycles. The summed E-state index contributed by atoms with van der Waals surface area (Å²) < 4.78 is 10.7. The molecule has 0 bridgehead atoms. The van der Waals surface area contributed by atoms with Gasteiger partial charge in [-0.05, 0) is 38.0 Å². The third-order valence-electron chi connectivity index (χ3n) is 4.02. The van der Waals surface area contributed by atoms with Crippen LogP contribution in [0.15, 0.2) is 28.7 Å². The fourth-order valence-electron chi connectivity index (χ4n) is 2.86. The molecule has 0 atom stereocenters. The number of carbonyl (C=O) groups is 1. The average Bonchev–Trinajstić information content (AvgIpc) is 3.05. The highest BCUT2D eigenvalue weighted by Gasteiger charge is 2.21. The molecular weight excluding hydrogens is 294 g/mol. The highest BCUT2D eigenvalue weighted by molar-refractivity contribution is 5.90. The third-order valence-corrected chi connectivity index (χ3v) is 4.02. The highest BCUT2D eigenvalue weighted by Crippen LogP contribution is 2.32. The van der Waals surface area contributed by atoms with E-state index in [4.69, 9.17) is 9.15 Å². The van der Waals surface area contributed by atoms with E-state index in [1.165, 1.54) is 19.3 Å². The standard InChI is InChI=1S/C17H21N3O3/c1-2-22-16(21)13-9-6-10-14(11-13)18-17-20-19-15(23-17)12-7-4-3-5-8-12/h6,9-12H,2-5,7-8H2,1H3,(H,18,20). The van der Waals surface area contributed by atoms with Crippen LogP contribution < -0.4 is 5.32 Å². The van der Waals surface area contributed by atoms with Gasteiger partial charge < -0.3 is 14.5 Å². The number of nitrogens with zero attached hydrogens (tertiary/aromatic N) is 2. The second-order valence-electron chi connectivity index (χ2n) is 5.71. The highest BCUT2D eigenvalue weighted by atomic mass is 16.5. The minimum absolute atomic E-state index is 0.343. The van der Waals surface area contributed by atoms with Crippen molar-refractivity contribution in [2.45, 2.75) is 44.9 Å². The normalized spacial score (nSPS) is 15.3. The quantitative estimate of drug-likeness (QED) is 0.839. The summed E-state index contributed by atoms with van der Waals surface area (Å²) in [5, 5.41) is 11.3. The fraction of sp³-hybridized carbons (Fsp3) is 0.471. The molecule has 1 fully saturated rings. The van der Waals surface area contributed by atoms with Crippen LogP contribution >= 0.6 is 0 Å². The van der Waals surface area contributed by atoms with Gasteiger partial charge in [0, 0.05) is 11.6 Å². The molecule has 0 amide bonds. The SMILES string of the molecule is CCOC(=O)c1cccc(Nc2nnc(C3CCCCC3)o2)c1. The zero-order valence-electron chi connectivity index (χ0n) is 13.2. The first-order valence-corrected chi connectivity index (χ1v) is 8.14. The summed E-state index contributed by atoms with van der Waals surface area (Å²) in [6.07, 6.45) is 5.95. The molecule has 1 saturated carbocycles. The molecule has 1 aromatic carbocycles. The molecule has 0 saturated heterocycles. The summed E-state index contributed by atoms with van der Waals surface area (Å²) in [5.41, 5.74) is 1.21. The van der Waals surface area contributed by atoms with Crippen LogP contribution in [0.1, 0.15) is 61.2 Å². The Bertz CT molecular complexity index is 663. The Morgan fingerprint density at radius 2 is 2.13 bits per heavy atom. The molecule has 122 valence electrons. The molecule has 1 aliphatic rings. The predicted molar refractivity (Wildman–Crippen MR) is 85.8 cm³/mol. The lowest BCUT2D eigenvalue weighted by Crippen LogP contribution is -2.05. The van der Waals surface area contributed by atoms with Gasteiger partial charge in [0.1, 0.15) is 0 Å². The lowest BCUT2D eigenvalue weighted by Gasteiger charge is -2.17. The van der Waals surface area contributed by atoms with E-state index < -0.39 is 0 Å². The predicted octanol–water partition coefficient (Wildman–Crippen LogP) is 4.04. The summed E-state index contributed by atoms with van der Waals surface area (Å²) in [7, 11) is 0. The maximum absolute atomic E-state index is 11.8. The van der Waals surface area contributed by atoms with Crippen molar-refractivity contribution in [1.82, 2.24) is 10.2 Å². The van der Waals surface area contributed by atoms with E-state index in [2.05, 4.69) is 15.5 Å². The largest absolute Gasteiger partial charge is 0.462 e. The van der Waals surface area contributed by atoms with Gasteiger partial charge in [0.2, 0.25) is 5.89 Å². The van der Waals surface area contributed by atoms with Crippen LogP contribution in [-0.2, 0) is 4.74 Å². The number of hydrogen-bond acceptors (Lipinski definition) is 6. The summed E-state index contributed by atoms with van der Waals surface area (Å²) in [6, 6.07) is 7.40. The molecule has 6 heteroatoms. The van der Waals surface area contributed by atoms with Crippen molar-refractivity contribution in [2.75, 3.05) is 11.9 Å². The number of anilines is 2. The minimum Gasteiger partial charge on any atom is -0.462 e. The molecule has 0 spiro atoms. The molecule has 0 unspecified atom stereocenters. The molecule has 1 aliphatic carbocycles. The molecule has 6 nitrogen and oxygen atoms in total. The van der Waals surface area contributed by atoms with E-state index in [0.29, 0.717) is 30.0 Å². The number of hydrogen-bond donors (Lipinski definition) is 1. The fourth-order valence-corrected chi connectivity index (χ4v) is 2.86. The zero-order valence-corrected chi connectivity index (χ0v) is 13.2. The summed E-state index contributed by atoms with van der Waals surface area (Å²) >= 11 is 0. The van der Waals surface area contributed by atoms with E-state index in [0.717, 1.165) is 18.5 Å². The first-order valence-electron chi connectivity index (χ1n) is 8.14. The molecule has 23 heavy (non-hydrogen) atoms. The first kappa shape index (κ1) is 15.5. The Hall–Kier alpha value is -2.37. The lowest BCUT2D eigenvalue weighted by molar-refractivity contribution is 0.0526. The van der Waals surface area contributed by atoms with E-state index in [-0.39, 0.29) is 5.97 Å². The lowest BCUT2D eigenvalue weighted by atomic mass is 9.89. The number of ether oxygens (including phenoxy) is 1.